The molecule has 1 rings (SSSR count). The second-order valence-corrected chi connectivity index (χ2v) is 3.05. The molecule has 0 aliphatic carbocycles. The van der Waals surface area contributed by atoms with Crippen LogP contribution in [0, 0.1) is 0 Å². The van der Waals surface area contributed by atoms with Crippen LogP contribution in [-0.4, -0.2) is 10.3 Å². The molecule has 0 radical (unpaired) electrons. The van der Waals surface area contributed by atoms with E-state index in [2.05, 4.69) is 11.6 Å². The van der Waals surface area contributed by atoms with Gasteiger partial charge in [0.05, 0.1) is 5.56 Å². The smallest absolute Gasteiger partial charge is 0.416 e. The monoisotopic (exact) mass is 240 g/mol. The standard InChI is InChI=1S/C7H5F3O.C2H3ClO/c8-7(9,10)5-2-1-3-6(11)4-5;1-2(3)4/h1-4,11H;1H3. The summed E-state index contributed by atoms with van der Waals surface area (Å²) < 4.78 is 35.6. The topological polar surface area (TPSA) is 37.3 Å². The van der Waals surface area contributed by atoms with E-state index in [0.29, 0.717) is 6.07 Å². The van der Waals surface area contributed by atoms with Gasteiger partial charge in [0.1, 0.15) is 5.75 Å². The van der Waals surface area contributed by atoms with Crippen molar-refractivity contribution in [2.75, 3.05) is 0 Å². The van der Waals surface area contributed by atoms with Gasteiger partial charge in [-0.3, -0.25) is 4.79 Å². The van der Waals surface area contributed by atoms with Crippen LogP contribution in [0.1, 0.15) is 12.5 Å². The fourth-order valence-electron chi connectivity index (χ4n) is 0.682. The van der Waals surface area contributed by atoms with Crippen LogP contribution in [0.5, 0.6) is 5.75 Å². The third kappa shape index (κ3) is 6.79. The Hall–Kier alpha value is -1.23. The van der Waals surface area contributed by atoms with Crippen LogP contribution in [0.2, 0.25) is 0 Å². The van der Waals surface area contributed by atoms with E-state index in [1.807, 2.05) is 0 Å². The number of alkyl halides is 3. The van der Waals surface area contributed by atoms with Crippen LogP contribution in [0.15, 0.2) is 24.3 Å². The van der Waals surface area contributed by atoms with Crippen molar-refractivity contribution in [3.63, 3.8) is 0 Å². The number of halogens is 4. The van der Waals surface area contributed by atoms with Crippen LogP contribution in [0.3, 0.4) is 0 Å². The van der Waals surface area contributed by atoms with E-state index in [0.717, 1.165) is 12.1 Å². The maximum Gasteiger partial charge on any atom is 0.416 e. The molecule has 0 spiro atoms. The fourth-order valence-corrected chi connectivity index (χ4v) is 0.682. The third-order valence-corrected chi connectivity index (χ3v) is 1.17. The number of benzene rings is 1. The first kappa shape index (κ1) is 13.8. The predicted molar refractivity (Wildman–Crippen MR) is 49.6 cm³/mol. The zero-order chi connectivity index (χ0) is 12.1. The maximum atomic E-state index is 11.9. The molecule has 15 heavy (non-hydrogen) atoms. The summed E-state index contributed by atoms with van der Waals surface area (Å²) in [7, 11) is 0. The van der Waals surface area contributed by atoms with Gasteiger partial charge in [0, 0.05) is 6.92 Å². The van der Waals surface area contributed by atoms with Crippen LogP contribution >= 0.6 is 11.6 Å². The van der Waals surface area contributed by atoms with E-state index in [1.54, 1.807) is 0 Å². The number of carbonyl (C=O) groups excluding carboxylic acids is 1. The summed E-state index contributed by atoms with van der Waals surface area (Å²) in [5.74, 6) is -0.375. The first-order valence-corrected chi connectivity index (χ1v) is 4.13. The minimum Gasteiger partial charge on any atom is -0.508 e. The Kier molecular flexibility index (Phi) is 5.14. The summed E-state index contributed by atoms with van der Waals surface area (Å²) in [5.41, 5.74) is -0.836. The van der Waals surface area contributed by atoms with E-state index in [-0.39, 0.29) is 11.0 Å². The Morgan fingerprint density at radius 3 is 2.13 bits per heavy atom. The molecule has 0 saturated heterocycles. The van der Waals surface area contributed by atoms with Crippen molar-refractivity contribution in [1.82, 2.24) is 0 Å². The SMILES string of the molecule is CC(=O)Cl.Oc1cccc(C(F)(F)F)c1. The Labute approximate surface area is 89.3 Å². The molecule has 1 aromatic rings. The largest absolute Gasteiger partial charge is 0.508 e. The number of aromatic hydroxyl groups is 1. The highest BCUT2D eigenvalue weighted by Gasteiger charge is 2.30. The summed E-state index contributed by atoms with van der Waals surface area (Å²) in [4.78, 5) is 9.21. The van der Waals surface area contributed by atoms with E-state index in [4.69, 9.17) is 5.11 Å². The number of phenolic OH excluding ortho intramolecular Hbond substituents is 1. The number of carbonyl (C=O) groups is 1. The Balaban J connectivity index is 0.000000423. The average Bonchev–Trinajstić information content (AvgIpc) is 2.01. The number of rotatable bonds is 0. The highest BCUT2D eigenvalue weighted by atomic mass is 35.5. The van der Waals surface area contributed by atoms with Crippen LogP contribution < -0.4 is 0 Å². The van der Waals surface area contributed by atoms with Gasteiger partial charge in [-0.25, -0.2) is 0 Å². The van der Waals surface area contributed by atoms with Gasteiger partial charge in [-0.05, 0) is 29.8 Å². The average molecular weight is 241 g/mol. The fraction of sp³-hybridized carbons (Fsp3) is 0.222. The zero-order valence-electron chi connectivity index (χ0n) is 7.68. The van der Waals surface area contributed by atoms with E-state index >= 15 is 0 Å². The molecule has 0 amide bonds. The highest BCUT2D eigenvalue weighted by Crippen LogP contribution is 2.30. The highest BCUT2D eigenvalue weighted by molar-refractivity contribution is 6.62. The van der Waals surface area contributed by atoms with Crippen molar-refractivity contribution in [2.24, 2.45) is 0 Å². The molecular weight excluding hydrogens is 233 g/mol. The summed E-state index contributed by atoms with van der Waals surface area (Å²) in [6.07, 6.45) is -4.38. The van der Waals surface area contributed by atoms with Crippen molar-refractivity contribution in [1.29, 1.82) is 0 Å². The molecule has 1 aromatic carbocycles. The predicted octanol–water partition coefficient (Wildman–Crippen LogP) is 3.18. The van der Waals surface area contributed by atoms with Crippen molar-refractivity contribution in [3.05, 3.63) is 29.8 Å². The van der Waals surface area contributed by atoms with Crippen LogP contribution in [-0.2, 0) is 11.0 Å². The Bertz CT molecular complexity index is 332. The Morgan fingerprint density at radius 2 is 1.87 bits per heavy atom. The van der Waals surface area contributed by atoms with Gasteiger partial charge in [-0.2, -0.15) is 13.2 Å². The molecule has 1 N–H and O–H groups in total. The molecule has 0 aliphatic heterocycles. The molecule has 0 aliphatic rings. The lowest BCUT2D eigenvalue weighted by Gasteiger charge is -2.05. The van der Waals surface area contributed by atoms with Gasteiger partial charge < -0.3 is 5.11 Å². The molecule has 0 saturated carbocycles. The molecule has 0 unspecified atom stereocenters. The third-order valence-electron chi connectivity index (χ3n) is 1.17. The molecule has 0 heterocycles. The lowest BCUT2D eigenvalue weighted by Crippen LogP contribution is -2.03. The second kappa shape index (κ2) is 5.60. The summed E-state index contributed by atoms with van der Waals surface area (Å²) in [5, 5.41) is 8.32. The minimum atomic E-state index is -4.38. The molecule has 0 atom stereocenters. The van der Waals surface area contributed by atoms with Gasteiger partial charge in [-0.1, -0.05) is 6.07 Å². The van der Waals surface area contributed by atoms with E-state index < -0.39 is 11.7 Å². The molecule has 0 aromatic heterocycles. The normalized spacial score (nSPS) is 10.2. The molecule has 6 heteroatoms. The maximum absolute atomic E-state index is 11.9. The van der Waals surface area contributed by atoms with Crippen LogP contribution in [0.4, 0.5) is 13.2 Å². The van der Waals surface area contributed by atoms with Gasteiger partial charge >= 0.3 is 6.18 Å². The van der Waals surface area contributed by atoms with Crippen LogP contribution in [0.25, 0.3) is 0 Å². The summed E-state index contributed by atoms with van der Waals surface area (Å²) >= 11 is 4.64. The molecule has 84 valence electrons. The van der Waals surface area contributed by atoms with Gasteiger partial charge in [0.15, 0.2) is 0 Å². The minimum absolute atomic E-state index is 0.361. The van der Waals surface area contributed by atoms with Gasteiger partial charge in [0.25, 0.3) is 0 Å². The molecule has 0 fully saturated rings. The van der Waals surface area contributed by atoms with Crippen molar-refractivity contribution < 1.29 is 23.1 Å². The van der Waals surface area contributed by atoms with Crippen molar-refractivity contribution >= 4 is 16.8 Å². The first-order chi connectivity index (χ1) is 6.73. The van der Waals surface area contributed by atoms with Gasteiger partial charge in [0.2, 0.25) is 5.24 Å². The molecule has 2 nitrogen and oxygen atoms in total. The van der Waals surface area contributed by atoms with Crippen molar-refractivity contribution in [2.45, 2.75) is 13.1 Å². The summed E-state index contributed by atoms with van der Waals surface area (Å²) in [6, 6.07) is 3.92. The quantitative estimate of drug-likeness (QED) is 0.707. The van der Waals surface area contributed by atoms with Crippen molar-refractivity contribution in [3.8, 4) is 5.75 Å². The lowest BCUT2D eigenvalue weighted by molar-refractivity contribution is -0.137. The Morgan fingerprint density at radius 1 is 1.40 bits per heavy atom. The first-order valence-electron chi connectivity index (χ1n) is 3.76. The number of hydrogen-bond acceptors (Lipinski definition) is 2. The number of hydrogen-bond donors (Lipinski definition) is 1. The summed E-state index contributed by atoms with van der Waals surface area (Å²) in [6.45, 7) is 1.29. The number of phenols is 1. The van der Waals surface area contributed by atoms with E-state index in [9.17, 15) is 18.0 Å². The second-order valence-electron chi connectivity index (χ2n) is 2.52. The lowest BCUT2D eigenvalue weighted by atomic mass is 10.2. The molecule has 0 bridgehead atoms. The molecular formula is C9H8ClF3O2. The zero-order valence-corrected chi connectivity index (χ0v) is 8.43. The van der Waals surface area contributed by atoms with E-state index in [1.165, 1.54) is 13.0 Å². The van der Waals surface area contributed by atoms with Gasteiger partial charge in [-0.15, -0.1) is 0 Å².